The highest BCUT2D eigenvalue weighted by Gasteiger charge is 2.40. The molecular weight excluding hydrogens is 334 g/mol. The van der Waals surface area contributed by atoms with Gasteiger partial charge >= 0.3 is 0 Å². The van der Waals surface area contributed by atoms with Crippen LogP contribution in [0.3, 0.4) is 0 Å². The van der Waals surface area contributed by atoms with Crippen LogP contribution in [0, 0.1) is 0 Å². The van der Waals surface area contributed by atoms with Crippen LogP contribution >= 0.6 is 11.8 Å². The van der Waals surface area contributed by atoms with Crippen molar-refractivity contribution in [3.8, 4) is 5.75 Å². The van der Waals surface area contributed by atoms with Crippen LogP contribution in [0.5, 0.6) is 5.75 Å². The summed E-state index contributed by atoms with van der Waals surface area (Å²) in [5, 5.41) is 9.93. The van der Waals surface area contributed by atoms with Crippen LogP contribution in [0.15, 0.2) is 39.6 Å². The number of rotatable bonds is 1. The van der Waals surface area contributed by atoms with Gasteiger partial charge in [0, 0.05) is 0 Å². The number of nitrogens with one attached hydrogen (secondary N) is 2. The Balaban J connectivity index is 1.60. The summed E-state index contributed by atoms with van der Waals surface area (Å²) in [6.45, 7) is 3.38. The molecule has 0 aliphatic carbocycles. The number of halogens is 1. The van der Waals surface area contributed by atoms with Crippen LogP contribution in [0.1, 0.15) is 13.8 Å². The van der Waals surface area contributed by atoms with E-state index in [9.17, 15) is 4.79 Å². The zero-order chi connectivity index (χ0) is 16.9. The molecule has 0 spiro atoms. The number of carbonyl (C=O) groups is 1. The van der Waals surface area contributed by atoms with E-state index in [4.69, 9.17) is 16.5 Å². The Labute approximate surface area is 142 Å². The molecule has 1 atom stereocenters. The third-order valence-corrected chi connectivity index (χ3v) is 3.93. The number of hydrogen-bond acceptors (Lipinski definition) is 7. The first-order chi connectivity index (χ1) is 11.4. The van der Waals surface area contributed by atoms with Crippen molar-refractivity contribution >= 4 is 47.3 Å². The Hall–Kier alpha value is -2.78. The van der Waals surface area contributed by atoms with E-state index in [1.54, 1.807) is 38.4 Å². The average Bonchev–Trinajstić information content (AvgIpc) is 2.84. The fraction of sp³-hybridized carbons (Fsp3) is 0.214. The second-order valence-electron chi connectivity index (χ2n) is 5.81. The van der Waals surface area contributed by atoms with Gasteiger partial charge in [-0.25, -0.2) is 4.98 Å². The van der Waals surface area contributed by atoms with E-state index in [1.807, 2.05) is 0 Å². The molecule has 1 amide bonds. The number of pyridine rings is 1. The second-order valence-corrected chi connectivity index (χ2v) is 6.32. The molecule has 3 aliphatic rings. The molecule has 9 nitrogen and oxygen atoms in total. The lowest BCUT2D eigenvalue weighted by atomic mass is 10.1. The first kappa shape index (κ1) is 14.8. The number of fused-ring (bicyclic) bond motifs is 2. The third kappa shape index (κ3) is 2.34. The monoisotopic (exact) mass is 346 g/mol. The van der Waals surface area contributed by atoms with Crippen molar-refractivity contribution in [2.75, 3.05) is 10.6 Å². The van der Waals surface area contributed by atoms with Crippen LogP contribution in [-0.4, -0.2) is 38.6 Å². The molecular formula is C14H13ClN7O2+. The zero-order valence-electron chi connectivity index (χ0n) is 12.8. The van der Waals surface area contributed by atoms with Gasteiger partial charge in [0.05, 0.1) is 6.20 Å². The van der Waals surface area contributed by atoms with Crippen LogP contribution in [-0.2, 0) is 4.79 Å². The summed E-state index contributed by atoms with van der Waals surface area (Å²) in [6.07, 6.45) is 4.66. The summed E-state index contributed by atoms with van der Waals surface area (Å²) in [6, 6.07) is 3.42. The maximum Gasteiger partial charge on any atom is 0.300 e. The topological polar surface area (TPSA) is 100 Å². The van der Waals surface area contributed by atoms with Crippen molar-refractivity contribution < 1.29 is 13.6 Å². The van der Waals surface area contributed by atoms with Gasteiger partial charge in [0.15, 0.2) is 23.4 Å². The largest absolute Gasteiger partial charge is 0.474 e. The predicted octanol–water partition coefficient (Wildman–Crippen LogP) is 1.81. The molecule has 1 aromatic heterocycles. The third-order valence-electron chi connectivity index (χ3n) is 3.56. The van der Waals surface area contributed by atoms with E-state index in [0.29, 0.717) is 23.2 Å². The van der Waals surface area contributed by atoms with E-state index < -0.39 is 5.60 Å². The number of carbonyl (C=O) groups excluding carboxylic acids is 1. The second kappa shape index (κ2) is 4.86. The van der Waals surface area contributed by atoms with Gasteiger partial charge in [0.25, 0.3) is 17.7 Å². The van der Waals surface area contributed by atoms with Gasteiger partial charge in [0.2, 0.25) is 11.8 Å². The number of hydrogen-bond donors (Lipinski definition) is 2. The molecule has 1 aromatic rings. The Morgan fingerprint density at radius 1 is 1.38 bits per heavy atom. The molecule has 0 radical (unpaired) electrons. The highest BCUT2D eigenvalue weighted by Crippen LogP contribution is 2.33. The van der Waals surface area contributed by atoms with Crippen molar-refractivity contribution in [3.63, 3.8) is 0 Å². The number of ether oxygens (including phenoxy) is 1. The van der Waals surface area contributed by atoms with Gasteiger partial charge in [-0.3, -0.25) is 9.79 Å². The van der Waals surface area contributed by atoms with Gasteiger partial charge < -0.3 is 15.4 Å². The summed E-state index contributed by atoms with van der Waals surface area (Å²) >= 11 is 6.30. The molecule has 10 heteroatoms. The molecule has 24 heavy (non-hydrogen) atoms. The summed E-state index contributed by atoms with van der Waals surface area (Å²) in [5.41, 5.74) is -0.936. The number of amidine groups is 1. The minimum atomic E-state index is -0.936. The summed E-state index contributed by atoms with van der Waals surface area (Å²) in [7, 11) is 0. The van der Waals surface area contributed by atoms with Crippen molar-refractivity contribution in [2.45, 2.75) is 19.4 Å². The van der Waals surface area contributed by atoms with Crippen LogP contribution in [0.25, 0.3) is 0 Å². The Bertz CT molecular complexity index is 874. The first-order valence-corrected chi connectivity index (χ1v) is 7.47. The molecule has 2 N–H and O–H groups in total. The first-order valence-electron chi connectivity index (χ1n) is 7.13. The molecule has 0 saturated heterocycles. The van der Waals surface area contributed by atoms with Gasteiger partial charge in [-0.05, 0) is 35.2 Å². The predicted molar refractivity (Wildman–Crippen MR) is 89.8 cm³/mol. The Morgan fingerprint density at radius 2 is 2.21 bits per heavy atom. The molecule has 0 bridgehead atoms. The lowest BCUT2D eigenvalue weighted by molar-refractivity contribution is -0.659. The minimum absolute atomic E-state index is 0.262. The Morgan fingerprint density at radius 3 is 3.00 bits per heavy atom. The van der Waals surface area contributed by atoms with Crippen LogP contribution in [0.4, 0.5) is 11.6 Å². The van der Waals surface area contributed by atoms with E-state index in [0.717, 1.165) is 0 Å². The van der Waals surface area contributed by atoms with E-state index in [2.05, 4.69) is 30.7 Å². The standard InChI is InChI=1S/C14H12ClN7O2/c1-14(2)12(23)20-11-8(24-14)3-4-9(17-11)18-13-19-10-7-16-5-6-22(10,15)21-13/h3-7H,1-2H3,(H-,17,18,20,21,23)/p+1. The number of quaternary nitrogens is 1. The highest BCUT2D eigenvalue weighted by molar-refractivity contribution is 6.36. The molecule has 0 fully saturated rings. The highest BCUT2D eigenvalue weighted by atomic mass is 35.5. The summed E-state index contributed by atoms with van der Waals surface area (Å²) in [5.74, 6) is 1.78. The molecule has 122 valence electrons. The normalized spacial score (nSPS) is 25.9. The van der Waals surface area contributed by atoms with Crippen LogP contribution < -0.4 is 15.4 Å². The molecule has 0 saturated carbocycles. The molecule has 4 heterocycles. The lowest BCUT2D eigenvalue weighted by Gasteiger charge is -2.30. The fourth-order valence-corrected chi connectivity index (χ4v) is 2.48. The summed E-state index contributed by atoms with van der Waals surface area (Å²) < 4.78 is 5.31. The van der Waals surface area contributed by atoms with Gasteiger partial charge in [0.1, 0.15) is 12.0 Å². The van der Waals surface area contributed by atoms with Crippen molar-refractivity contribution in [1.29, 1.82) is 0 Å². The molecule has 0 aromatic carbocycles. The summed E-state index contributed by atoms with van der Waals surface area (Å²) in [4.78, 5) is 24.5. The molecule has 1 unspecified atom stereocenters. The van der Waals surface area contributed by atoms with E-state index in [1.165, 1.54) is 6.21 Å². The maximum atomic E-state index is 12.0. The minimum Gasteiger partial charge on any atom is -0.474 e. The fourth-order valence-electron chi connectivity index (χ4n) is 2.28. The number of amides is 1. The van der Waals surface area contributed by atoms with E-state index >= 15 is 0 Å². The van der Waals surface area contributed by atoms with Crippen LogP contribution in [0.2, 0.25) is 0 Å². The number of anilines is 2. The maximum absolute atomic E-state index is 12.0. The van der Waals surface area contributed by atoms with Gasteiger partial charge in [-0.2, -0.15) is 0 Å². The van der Waals surface area contributed by atoms with Crippen molar-refractivity contribution in [1.82, 2.24) is 4.98 Å². The quantitative estimate of drug-likeness (QED) is 0.757. The molecule has 4 rings (SSSR count). The number of aliphatic imine (C=N–C) groups is 2. The van der Waals surface area contributed by atoms with Gasteiger partial charge in [-0.15, -0.1) is 4.99 Å². The number of guanidine groups is 1. The smallest absolute Gasteiger partial charge is 0.300 e. The van der Waals surface area contributed by atoms with Gasteiger partial charge in [-0.1, -0.05) is 0 Å². The molecule has 3 aliphatic heterocycles. The number of aromatic nitrogens is 1. The average molecular weight is 347 g/mol. The van der Waals surface area contributed by atoms with Crippen molar-refractivity contribution in [2.24, 2.45) is 15.1 Å². The van der Waals surface area contributed by atoms with E-state index in [-0.39, 0.29) is 16.0 Å². The zero-order valence-corrected chi connectivity index (χ0v) is 13.6. The number of nitrogens with zero attached hydrogens (tertiary/aromatic N) is 5. The van der Waals surface area contributed by atoms with Crippen molar-refractivity contribution in [3.05, 3.63) is 24.5 Å². The lowest BCUT2D eigenvalue weighted by Crippen LogP contribution is -2.46. The SMILES string of the molecule is CC1(C)Oc2ccc(NC3=N[N+]4(Cl)C=CN=CC4=N3)nc2NC1=O. The Kier molecular flexibility index (Phi) is 2.99.